The summed E-state index contributed by atoms with van der Waals surface area (Å²) in [7, 11) is -6.78. The lowest BCUT2D eigenvalue weighted by Gasteiger charge is -2.28. The molecule has 1 aliphatic rings. The lowest BCUT2D eigenvalue weighted by Crippen LogP contribution is -2.34. The molecule has 1 unspecified atom stereocenters. The van der Waals surface area contributed by atoms with Crippen LogP contribution in [0.25, 0.3) is 0 Å². The SMILES string of the molecule is O=S1OCCN1P(=O)(C(F)(F)F)C(F)(F)F. The third kappa shape index (κ3) is 2.01. The third-order valence-corrected chi connectivity index (χ3v) is 5.83. The number of hydrogen-bond acceptors (Lipinski definition) is 3. The van der Waals surface area contributed by atoms with Gasteiger partial charge in [-0.2, -0.15) is 26.3 Å². The molecule has 1 rings (SSSR count). The fourth-order valence-electron chi connectivity index (χ4n) is 0.953. The number of rotatable bonds is 1. The Hall–Kier alpha value is -0.120. The third-order valence-electron chi connectivity index (χ3n) is 1.64. The van der Waals surface area contributed by atoms with Crippen molar-refractivity contribution in [1.82, 2.24) is 4.08 Å². The van der Waals surface area contributed by atoms with E-state index >= 15 is 0 Å². The van der Waals surface area contributed by atoms with E-state index in [-0.39, 0.29) is 0 Å². The summed E-state index contributed by atoms with van der Waals surface area (Å²) in [6.07, 6.45) is 0. The molecular formula is C4H4F6NO3PS. The van der Waals surface area contributed by atoms with Crippen molar-refractivity contribution >= 4 is 18.6 Å². The van der Waals surface area contributed by atoms with E-state index in [1.54, 1.807) is 0 Å². The van der Waals surface area contributed by atoms with E-state index in [1.165, 1.54) is 0 Å². The summed E-state index contributed by atoms with van der Waals surface area (Å²) in [4.78, 5) is 0. The summed E-state index contributed by atoms with van der Waals surface area (Å²) in [5.41, 5.74) is 0. The van der Waals surface area contributed by atoms with Crippen LogP contribution in [-0.4, -0.2) is 33.3 Å². The quantitative estimate of drug-likeness (QED) is 0.549. The first kappa shape index (κ1) is 13.9. The summed E-state index contributed by atoms with van der Waals surface area (Å²) in [5.74, 6) is -12.1. The molecule has 0 amide bonds. The molecule has 0 aliphatic carbocycles. The normalized spacial score (nSPS) is 25.0. The van der Waals surface area contributed by atoms with Gasteiger partial charge in [-0.1, -0.05) is 0 Å². The van der Waals surface area contributed by atoms with Crippen LogP contribution in [0.5, 0.6) is 0 Å². The number of alkyl halides is 6. The van der Waals surface area contributed by atoms with E-state index in [0.29, 0.717) is 0 Å². The van der Waals surface area contributed by atoms with Gasteiger partial charge in [0.2, 0.25) is 11.3 Å². The molecule has 0 aromatic heterocycles. The summed E-state index contributed by atoms with van der Waals surface area (Å²) in [6, 6.07) is 0. The predicted molar refractivity (Wildman–Crippen MR) is 40.5 cm³/mol. The van der Waals surface area contributed by atoms with Gasteiger partial charge in [-0.05, 0) is 0 Å². The Bertz CT molecular complexity index is 335. The minimum absolute atomic E-state index is 0.608. The standard InChI is InChI=1S/C4H4F6NO3PS/c5-3(6,7)15(12,4(8,9)10)11-1-2-14-16(11)13/h1-2H2. The van der Waals surface area contributed by atoms with Gasteiger partial charge in [-0.3, -0.25) is 8.75 Å². The van der Waals surface area contributed by atoms with Crippen LogP contribution in [0.1, 0.15) is 0 Å². The van der Waals surface area contributed by atoms with E-state index in [4.69, 9.17) is 0 Å². The molecule has 4 nitrogen and oxygen atoms in total. The first-order chi connectivity index (χ1) is 7.02. The van der Waals surface area contributed by atoms with Crippen molar-refractivity contribution in [3.63, 3.8) is 0 Å². The van der Waals surface area contributed by atoms with Crippen LogP contribution >= 0.6 is 7.29 Å². The molecule has 0 N–H and O–H groups in total. The van der Waals surface area contributed by atoms with E-state index in [1.807, 2.05) is 0 Å². The molecule has 0 aromatic carbocycles. The van der Waals surface area contributed by atoms with Crippen LogP contribution in [0.4, 0.5) is 26.3 Å². The average Bonchev–Trinajstić information content (AvgIpc) is 2.46. The van der Waals surface area contributed by atoms with Crippen LogP contribution in [0.2, 0.25) is 0 Å². The maximum atomic E-state index is 12.2. The minimum atomic E-state index is -6.78. The van der Waals surface area contributed by atoms with Crippen molar-refractivity contribution in [3.05, 3.63) is 0 Å². The molecule has 0 spiro atoms. The van der Waals surface area contributed by atoms with Gasteiger partial charge in [0.15, 0.2) is 0 Å². The van der Waals surface area contributed by atoms with Crippen molar-refractivity contribution in [2.24, 2.45) is 0 Å². The zero-order valence-electron chi connectivity index (χ0n) is 7.21. The second-order valence-corrected chi connectivity index (χ2v) is 6.66. The highest BCUT2D eigenvalue weighted by atomic mass is 32.2. The summed E-state index contributed by atoms with van der Waals surface area (Å²) in [5, 5.41) is 0. The number of halogens is 6. The highest BCUT2D eigenvalue weighted by Crippen LogP contribution is 2.74. The van der Waals surface area contributed by atoms with Gasteiger partial charge < -0.3 is 0 Å². The van der Waals surface area contributed by atoms with E-state index in [9.17, 15) is 35.1 Å². The molecule has 1 atom stereocenters. The van der Waals surface area contributed by atoms with Gasteiger partial charge in [-0.25, -0.2) is 4.21 Å². The van der Waals surface area contributed by atoms with Crippen LogP contribution < -0.4 is 0 Å². The fraction of sp³-hybridized carbons (Fsp3) is 1.00. The highest BCUT2D eigenvalue weighted by molar-refractivity contribution is 7.87. The lowest BCUT2D eigenvalue weighted by atomic mass is 10.8. The molecule has 96 valence electrons. The van der Waals surface area contributed by atoms with Gasteiger partial charge in [0, 0.05) is 6.54 Å². The van der Waals surface area contributed by atoms with Gasteiger partial charge in [-0.15, -0.1) is 4.08 Å². The van der Waals surface area contributed by atoms with Gasteiger partial charge in [0.1, 0.15) is 0 Å². The lowest BCUT2D eigenvalue weighted by molar-refractivity contribution is -0.0996. The second-order valence-electron chi connectivity index (χ2n) is 2.63. The van der Waals surface area contributed by atoms with Crippen LogP contribution in [0, 0.1) is 0 Å². The van der Waals surface area contributed by atoms with Crippen molar-refractivity contribution in [2.45, 2.75) is 11.8 Å². The number of hydrogen-bond donors (Lipinski definition) is 0. The minimum Gasteiger partial charge on any atom is -0.286 e. The largest absolute Gasteiger partial charge is 0.464 e. The molecule has 0 radical (unpaired) electrons. The fourth-order valence-corrected chi connectivity index (χ4v) is 4.12. The molecular weight excluding hydrogens is 287 g/mol. The Morgan fingerprint density at radius 2 is 1.56 bits per heavy atom. The first-order valence-corrected chi connectivity index (χ1v) is 6.28. The smallest absolute Gasteiger partial charge is 0.286 e. The van der Waals surface area contributed by atoms with E-state index in [2.05, 4.69) is 4.18 Å². The molecule has 0 bridgehead atoms. The van der Waals surface area contributed by atoms with E-state index < -0.39 is 47.6 Å². The molecule has 1 fully saturated rings. The monoisotopic (exact) mass is 291 g/mol. The van der Waals surface area contributed by atoms with Crippen LogP contribution in [0.15, 0.2) is 0 Å². The molecule has 1 saturated heterocycles. The molecule has 16 heavy (non-hydrogen) atoms. The Morgan fingerprint density at radius 1 is 1.12 bits per heavy atom. The predicted octanol–water partition coefficient (Wildman–Crippen LogP) is 2.21. The van der Waals surface area contributed by atoms with Crippen molar-refractivity contribution in [2.75, 3.05) is 13.2 Å². The molecule has 1 heterocycles. The Balaban J connectivity index is 3.27. The van der Waals surface area contributed by atoms with Gasteiger partial charge in [0.25, 0.3) is 0 Å². The van der Waals surface area contributed by atoms with Crippen molar-refractivity contribution < 1.29 is 39.3 Å². The molecule has 0 aromatic rings. The maximum Gasteiger partial charge on any atom is 0.464 e. The summed E-state index contributed by atoms with van der Waals surface area (Å²) < 4.78 is 98.4. The van der Waals surface area contributed by atoms with Crippen molar-refractivity contribution in [1.29, 1.82) is 0 Å². The van der Waals surface area contributed by atoms with Crippen LogP contribution in [-0.2, 0) is 20.0 Å². The molecule has 0 saturated carbocycles. The molecule has 1 aliphatic heterocycles. The Morgan fingerprint density at radius 3 is 1.81 bits per heavy atom. The maximum absolute atomic E-state index is 12.2. The van der Waals surface area contributed by atoms with Crippen LogP contribution in [0.3, 0.4) is 0 Å². The Kier molecular flexibility index (Phi) is 3.46. The zero-order chi connectivity index (χ0) is 12.8. The first-order valence-electron chi connectivity index (χ1n) is 3.58. The summed E-state index contributed by atoms with van der Waals surface area (Å²) >= 11 is -2.99. The highest BCUT2D eigenvalue weighted by Gasteiger charge is 2.73. The topological polar surface area (TPSA) is 46.6 Å². The number of nitrogens with zero attached hydrogens (tertiary/aromatic N) is 1. The summed E-state index contributed by atoms with van der Waals surface area (Å²) in [6.45, 7) is -1.56. The molecule has 12 heteroatoms. The van der Waals surface area contributed by atoms with Gasteiger partial charge in [0.05, 0.1) is 6.61 Å². The van der Waals surface area contributed by atoms with Crippen molar-refractivity contribution in [3.8, 4) is 0 Å². The van der Waals surface area contributed by atoms with Gasteiger partial charge >= 0.3 is 19.1 Å². The zero-order valence-corrected chi connectivity index (χ0v) is 8.92. The Labute approximate surface area is 87.8 Å². The second kappa shape index (κ2) is 3.97. The van der Waals surface area contributed by atoms with E-state index in [0.717, 1.165) is 0 Å². The average molecular weight is 291 g/mol.